The predicted octanol–water partition coefficient (Wildman–Crippen LogP) is 12.4. The minimum Gasteiger partial charge on any atom is -0.0750 e. The van der Waals surface area contributed by atoms with E-state index in [0.29, 0.717) is 0 Å². The van der Waals surface area contributed by atoms with Crippen molar-refractivity contribution in [3.63, 3.8) is 0 Å². The van der Waals surface area contributed by atoms with E-state index in [1.807, 2.05) is 0 Å². The Morgan fingerprint density at radius 3 is 0.863 bits per heavy atom. The van der Waals surface area contributed by atoms with Gasteiger partial charge in [0.15, 0.2) is 8.07 Å². The zero-order chi connectivity index (χ0) is 38.8. The summed E-state index contributed by atoms with van der Waals surface area (Å²) in [5, 5.41) is 4.54. The Kier molecular flexibility index (Phi) is 11.0. The average Bonchev–Trinajstić information content (AvgIpc) is 3.43. The van der Waals surface area contributed by atoms with Gasteiger partial charge >= 0.3 is 0 Å². The topological polar surface area (TPSA) is 0 Å². The van der Waals surface area contributed by atoms with Crippen molar-refractivity contribution < 1.29 is 0 Å². The minimum absolute atomic E-state index is 0.00206. The first-order valence-electron chi connectivity index (χ1n) is 19.8. The van der Waals surface area contributed by atoms with Crippen LogP contribution in [0.5, 0.6) is 0 Å². The van der Waals surface area contributed by atoms with Crippen LogP contribution in [0.2, 0.25) is 0 Å². The molecule has 0 amide bonds. The molecular formula is C50H73Si. The molecule has 277 valence electrons. The molecule has 0 atom stereocenters. The number of rotatable bonds is 6. The summed E-state index contributed by atoms with van der Waals surface area (Å²) in [7, 11) is -2.99. The fraction of sp³-hybridized carbons (Fsp3) is 0.540. The van der Waals surface area contributed by atoms with Gasteiger partial charge in [0.25, 0.3) is 0 Å². The van der Waals surface area contributed by atoms with Gasteiger partial charge in [0.05, 0.1) is 0 Å². The highest BCUT2D eigenvalue weighted by Crippen LogP contribution is 2.40. The summed E-state index contributed by atoms with van der Waals surface area (Å²) in [4.78, 5) is 0. The zero-order valence-corrected chi connectivity index (χ0v) is 37.3. The fourth-order valence-corrected chi connectivity index (χ4v) is 12.6. The second kappa shape index (κ2) is 13.6. The average molecular weight is 702 g/mol. The summed E-state index contributed by atoms with van der Waals surface area (Å²) in [5.74, 6) is 0. The maximum Gasteiger partial charge on any atom is 0.163 e. The van der Waals surface area contributed by atoms with Crippen LogP contribution in [0.1, 0.15) is 178 Å². The Morgan fingerprint density at radius 1 is 0.392 bits per heavy atom. The van der Waals surface area contributed by atoms with Gasteiger partial charge in [-0.15, -0.1) is 0 Å². The lowest BCUT2D eigenvalue weighted by Crippen LogP contribution is -2.71. The van der Waals surface area contributed by atoms with E-state index in [2.05, 4.69) is 204 Å². The Hall–Kier alpha value is -2.64. The lowest BCUT2D eigenvalue weighted by atomic mass is 9.80. The molecule has 1 aliphatic carbocycles. The second-order valence-corrected chi connectivity index (χ2v) is 25.6. The van der Waals surface area contributed by atoms with Gasteiger partial charge in [-0.2, -0.15) is 0 Å². The van der Waals surface area contributed by atoms with Crippen molar-refractivity contribution in [1.82, 2.24) is 0 Å². The van der Waals surface area contributed by atoms with Crippen molar-refractivity contribution in [2.75, 3.05) is 0 Å². The largest absolute Gasteiger partial charge is 0.163 e. The molecule has 1 radical (unpaired) electrons. The SMILES string of the molecule is CCCC1=CC=C[C]1[Si](c1cc(C(C)(C)C)cc(C(C)(C)C)c1)(c1cc(C(C)(C)C)cc(C(C)(C)C)c1)c1cc(C(C)(C)C)cc(C(C)(C)C)c1. The van der Waals surface area contributed by atoms with Crippen molar-refractivity contribution in [3.8, 4) is 0 Å². The highest BCUT2D eigenvalue weighted by molar-refractivity contribution is 7.16. The van der Waals surface area contributed by atoms with Gasteiger partial charge < -0.3 is 0 Å². The van der Waals surface area contributed by atoms with E-state index in [1.165, 1.54) is 54.5 Å². The maximum atomic E-state index is 2.64. The maximum absolute atomic E-state index is 2.99. The van der Waals surface area contributed by atoms with Crippen LogP contribution >= 0.6 is 0 Å². The first kappa shape index (κ1) is 41.1. The van der Waals surface area contributed by atoms with E-state index in [1.54, 1.807) is 5.54 Å². The van der Waals surface area contributed by atoms with Crippen LogP contribution in [0.15, 0.2) is 78.4 Å². The minimum atomic E-state index is -2.99. The predicted molar refractivity (Wildman–Crippen MR) is 232 cm³/mol. The normalized spacial score (nSPS) is 15.5. The van der Waals surface area contributed by atoms with Crippen LogP contribution in [-0.4, -0.2) is 8.07 Å². The number of hydrogen-bond donors (Lipinski definition) is 0. The van der Waals surface area contributed by atoms with Crippen LogP contribution in [0.25, 0.3) is 0 Å². The highest BCUT2D eigenvalue weighted by atomic mass is 28.3. The molecule has 0 nitrogen and oxygen atoms in total. The Labute approximate surface area is 316 Å². The van der Waals surface area contributed by atoms with Crippen molar-refractivity contribution >= 4 is 23.6 Å². The number of allylic oxidation sites excluding steroid dienone is 4. The van der Waals surface area contributed by atoms with Crippen molar-refractivity contribution in [3.05, 3.63) is 117 Å². The standard InChI is InChI=1S/C50H73Si/c1-20-22-34-23-21-24-44(34)51(41-28-35(45(2,3)4)25-36(29-41)46(5,6)7,42-30-37(47(8,9)10)26-38(31-42)48(11,12)13)43-32-39(49(14,15)16)27-40(33-43)50(17,18)19/h21,23-33H,20,22H2,1-19H3. The molecule has 1 aliphatic rings. The van der Waals surface area contributed by atoms with E-state index >= 15 is 0 Å². The summed E-state index contributed by atoms with van der Waals surface area (Å²) in [5.41, 5.74) is 11.7. The van der Waals surface area contributed by atoms with Crippen molar-refractivity contribution in [1.29, 1.82) is 0 Å². The first-order chi connectivity index (χ1) is 23.0. The lowest BCUT2D eigenvalue weighted by Gasteiger charge is -2.43. The van der Waals surface area contributed by atoms with Gasteiger partial charge in [0, 0.05) is 5.54 Å². The molecule has 0 saturated heterocycles. The van der Waals surface area contributed by atoms with E-state index in [4.69, 9.17) is 0 Å². The molecule has 51 heavy (non-hydrogen) atoms. The summed E-state index contributed by atoms with van der Waals surface area (Å²) in [6.07, 6.45) is 9.53. The molecule has 0 unspecified atom stereocenters. The Bertz CT molecular complexity index is 1500. The molecule has 0 saturated carbocycles. The molecule has 0 bridgehead atoms. The number of hydrogen-bond acceptors (Lipinski definition) is 0. The third-order valence-electron chi connectivity index (χ3n) is 11.1. The van der Waals surface area contributed by atoms with Gasteiger partial charge in [-0.3, -0.25) is 0 Å². The molecule has 0 N–H and O–H groups in total. The van der Waals surface area contributed by atoms with Gasteiger partial charge in [-0.1, -0.05) is 216 Å². The number of benzene rings is 3. The van der Waals surface area contributed by atoms with E-state index in [9.17, 15) is 0 Å². The highest BCUT2D eigenvalue weighted by Gasteiger charge is 2.50. The van der Waals surface area contributed by atoms with Crippen LogP contribution < -0.4 is 15.6 Å². The van der Waals surface area contributed by atoms with Crippen molar-refractivity contribution in [2.24, 2.45) is 0 Å². The summed E-state index contributed by atoms with van der Waals surface area (Å²) in [6, 6.07) is 23.4. The quantitative estimate of drug-likeness (QED) is 0.177. The summed E-state index contributed by atoms with van der Waals surface area (Å²) < 4.78 is 0. The monoisotopic (exact) mass is 702 g/mol. The van der Waals surface area contributed by atoms with Gasteiger partial charge in [-0.25, -0.2) is 0 Å². The Morgan fingerprint density at radius 2 is 0.647 bits per heavy atom. The molecule has 3 aromatic carbocycles. The van der Waals surface area contributed by atoms with Gasteiger partial charge in [-0.05, 0) is 87.9 Å². The van der Waals surface area contributed by atoms with Gasteiger partial charge in [0.2, 0.25) is 0 Å². The van der Waals surface area contributed by atoms with Crippen molar-refractivity contribution in [2.45, 2.75) is 177 Å². The van der Waals surface area contributed by atoms with Crippen LogP contribution in [0.3, 0.4) is 0 Å². The molecule has 0 aromatic heterocycles. The third-order valence-corrected chi connectivity index (χ3v) is 15.9. The molecule has 0 heterocycles. The van der Waals surface area contributed by atoms with Gasteiger partial charge in [0.1, 0.15) is 0 Å². The lowest BCUT2D eigenvalue weighted by molar-refractivity contribution is 0.569. The summed E-state index contributed by atoms with van der Waals surface area (Å²) >= 11 is 0. The first-order valence-corrected chi connectivity index (χ1v) is 21.8. The van der Waals surface area contributed by atoms with Crippen LogP contribution in [0, 0.1) is 5.54 Å². The smallest absolute Gasteiger partial charge is 0.0750 e. The van der Waals surface area contributed by atoms with E-state index in [-0.39, 0.29) is 32.5 Å². The fourth-order valence-electron chi connectivity index (χ4n) is 7.41. The van der Waals surface area contributed by atoms with E-state index < -0.39 is 8.07 Å². The Balaban J connectivity index is 2.46. The molecule has 0 fully saturated rings. The molecule has 0 aliphatic heterocycles. The van der Waals surface area contributed by atoms with Crippen LogP contribution in [0.4, 0.5) is 0 Å². The zero-order valence-electron chi connectivity index (χ0n) is 36.3. The van der Waals surface area contributed by atoms with Crippen LogP contribution in [-0.2, 0) is 32.5 Å². The summed E-state index contributed by atoms with van der Waals surface area (Å²) in [6.45, 7) is 45.4. The molecule has 4 rings (SSSR count). The second-order valence-electron chi connectivity index (χ2n) is 21.9. The van der Waals surface area contributed by atoms with E-state index in [0.717, 1.165) is 12.8 Å². The molecule has 3 aromatic rings. The molecule has 1 heteroatoms. The third kappa shape index (κ3) is 8.61. The molecular weight excluding hydrogens is 629 g/mol. The molecule has 0 spiro atoms.